The van der Waals surface area contributed by atoms with Crippen LogP contribution < -0.4 is 0 Å². The van der Waals surface area contributed by atoms with Gasteiger partial charge in [-0.25, -0.2) is 9.59 Å². The van der Waals surface area contributed by atoms with E-state index in [2.05, 4.69) is 9.47 Å². The van der Waals surface area contributed by atoms with E-state index in [0.29, 0.717) is 6.47 Å². The molecular formula is C11H12F6NO4. The van der Waals surface area contributed by atoms with E-state index in [4.69, 9.17) is 0 Å². The maximum absolute atomic E-state index is 12.8. The molecule has 1 aliphatic rings. The molecule has 127 valence electrons. The van der Waals surface area contributed by atoms with Crippen molar-refractivity contribution < 1.29 is 45.4 Å². The third-order valence-electron chi connectivity index (χ3n) is 3.08. The molecule has 0 aliphatic carbocycles. The minimum absolute atomic E-state index is 0.0550. The maximum Gasteiger partial charge on any atom is 0.439 e. The van der Waals surface area contributed by atoms with Crippen molar-refractivity contribution in [2.75, 3.05) is 19.6 Å². The predicted molar refractivity (Wildman–Crippen MR) is 58.2 cm³/mol. The highest BCUT2D eigenvalue weighted by molar-refractivity contribution is 5.81. The second-order valence-corrected chi connectivity index (χ2v) is 4.88. The Balaban J connectivity index is 2.67. The van der Waals surface area contributed by atoms with Gasteiger partial charge in [-0.15, -0.1) is 0 Å². The maximum atomic E-state index is 12.8. The molecule has 1 radical (unpaired) electrons. The summed E-state index contributed by atoms with van der Waals surface area (Å²) in [6.07, 6.45) is -10.9. The largest absolute Gasteiger partial charge is 0.458 e. The number of hydrogen-bond acceptors (Lipinski definition) is 5. The molecular weight excluding hydrogens is 324 g/mol. The molecule has 11 heteroatoms. The number of esters is 1. The number of carbonyl (C=O) groups excluding carboxylic acids is 2. The van der Waals surface area contributed by atoms with Gasteiger partial charge in [-0.3, -0.25) is 4.90 Å². The smallest absolute Gasteiger partial charge is 0.439 e. The van der Waals surface area contributed by atoms with E-state index in [0.717, 1.165) is 4.90 Å². The van der Waals surface area contributed by atoms with Gasteiger partial charge in [-0.05, 0) is 13.3 Å². The zero-order valence-electron chi connectivity index (χ0n) is 11.3. The Morgan fingerprint density at radius 3 is 2.32 bits per heavy atom. The molecule has 0 aromatic heterocycles. The molecule has 1 heterocycles. The average Bonchev–Trinajstić information content (AvgIpc) is 2.72. The minimum Gasteiger partial charge on any atom is -0.458 e. The van der Waals surface area contributed by atoms with Crippen LogP contribution >= 0.6 is 0 Å². The fraction of sp³-hybridized carbons (Fsp3) is 0.818. The third kappa shape index (κ3) is 4.49. The van der Waals surface area contributed by atoms with Gasteiger partial charge in [0.05, 0.1) is 6.54 Å². The first-order chi connectivity index (χ1) is 9.89. The normalized spacial score (nSPS) is 23.0. The van der Waals surface area contributed by atoms with E-state index in [1.165, 1.54) is 0 Å². The number of ether oxygens (including phenoxy) is 2. The van der Waals surface area contributed by atoms with Crippen molar-refractivity contribution in [1.29, 1.82) is 0 Å². The molecule has 1 rings (SSSR count). The Labute approximate surface area is 121 Å². The number of rotatable bonds is 5. The van der Waals surface area contributed by atoms with Crippen LogP contribution in [0.1, 0.15) is 13.3 Å². The molecule has 0 saturated carbocycles. The van der Waals surface area contributed by atoms with E-state index in [9.17, 15) is 35.9 Å². The van der Waals surface area contributed by atoms with Gasteiger partial charge in [0.2, 0.25) is 0 Å². The molecule has 1 aliphatic heterocycles. The summed E-state index contributed by atoms with van der Waals surface area (Å²) in [7, 11) is 0. The van der Waals surface area contributed by atoms with Crippen molar-refractivity contribution in [3.63, 3.8) is 0 Å². The van der Waals surface area contributed by atoms with Crippen molar-refractivity contribution in [1.82, 2.24) is 4.90 Å². The van der Waals surface area contributed by atoms with Gasteiger partial charge in [-0.1, -0.05) is 0 Å². The highest BCUT2D eigenvalue weighted by Crippen LogP contribution is 2.35. The molecule has 2 unspecified atom stereocenters. The predicted octanol–water partition coefficient (Wildman–Crippen LogP) is 1.57. The molecule has 0 aromatic rings. The molecule has 2 atom stereocenters. The van der Waals surface area contributed by atoms with E-state index < -0.39 is 36.6 Å². The minimum atomic E-state index is -5.24. The molecule has 0 aromatic carbocycles. The van der Waals surface area contributed by atoms with Crippen LogP contribution in [0.5, 0.6) is 0 Å². The van der Waals surface area contributed by atoms with Crippen LogP contribution in [-0.2, 0) is 19.1 Å². The Hall–Kier alpha value is -1.52. The van der Waals surface area contributed by atoms with E-state index >= 15 is 0 Å². The zero-order chi connectivity index (χ0) is 17.2. The summed E-state index contributed by atoms with van der Waals surface area (Å²) < 4.78 is 83.0. The lowest BCUT2D eigenvalue weighted by Crippen LogP contribution is -2.53. The molecule has 0 amide bonds. The van der Waals surface area contributed by atoms with E-state index in [1.807, 2.05) is 0 Å². The lowest BCUT2D eigenvalue weighted by molar-refractivity contribution is -0.253. The molecule has 5 nitrogen and oxygen atoms in total. The van der Waals surface area contributed by atoms with Gasteiger partial charge >= 0.3 is 24.8 Å². The standard InChI is InChI=1S/C11H12F6NO4/c1-9(21-6-19,11(15,16)17)8(20)22-7-2-3-18(4-7)5-10(12,13)14/h7H,2-5H2,1H3. The summed E-state index contributed by atoms with van der Waals surface area (Å²) in [4.78, 5) is 22.5. The fourth-order valence-electron chi connectivity index (χ4n) is 1.85. The number of alkyl halides is 6. The monoisotopic (exact) mass is 336 g/mol. The van der Waals surface area contributed by atoms with Gasteiger partial charge in [0, 0.05) is 13.1 Å². The van der Waals surface area contributed by atoms with Gasteiger partial charge in [0.1, 0.15) is 6.10 Å². The number of likely N-dealkylation sites (tertiary alicyclic amines) is 1. The van der Waals surface area contributed by atoms with Crippen molar-refractivity contribution >= 4 is 12.4 Å². The molecule has 0 spiro atoms. The summed E-state index contributed by atoms with van der Waals surface area (Å²) in [5.74, 6) is -1.90. The Morgan fingerprint density at radius 2 is 1.86 bits per heavy atom. The van der Waals surface area contributed by atoms with Gasteiger partial charge in [0.25, 0.3) is 5.60 Å². The Kier molecular flexibility index (Phi) is 5.31. The number of halogens is 6. The highest BCUT2D eigenvalue weighted by Gasteiger charge is 2.61. The van der Waals surface area contributed by atoms with Crippen LogP contribution in [0.4, 0.5) is 26.3 Å². The summed E-state index contributed by atoms with van der Waals surface area (Å²) in [6.45, 7) is -0.882. The van der Waals surface area contributed by atoms with Gasteiger partial charge in [0.15, 0.2) is 0 Å². The van der Waals surface area contributed by atoms with Crippen LogP contribution in [0.15, 0.2) is 0 Å². The van der Waals surface area contributed by atoms with E-state index in [1.54, 1.807) is 0 Å². The Morgan fingerprint density at radius 1 is 1.27 bits per heavy atom. The van der Waals surface area contributed by atoms with Crippen molar-refractivity contribution in [3.05, 3.63) is 0 Å². The first-order valence-electron chi connectivity index (χ1n) is 6.01. The van der Waals surface area contributed by atoms with Crippen LogP contribution in [0.2, 0.25) is 0 Å². The summed E-state index contributed by atoms with van der Waals surface area (Å²) in [5, 5.41) is 0. The van der Waals surface area contributed by atoms with E-state index in [-0.39, 0.29) is 26.4 Å². The highest BCUT2D eigenvalue weighted by atomic mass is 19.4. The lowest BCUT2D eigenvalue weighted by Gasteiger charge is -2.28. The molecule has 1 fully saturated rings. The van der Waals surface area contributed by atoms with Gasteiger partial charge < -0.3 is 9.47 Å². The summed E-state index contributed by atoms with van der Waals surface area (Å²) in [6, 6.07) is 0. The number of nitrogens with zero attached hydrogens (tertiary/aromatic N) is 1. The first kappa shape index (κ1) is 18.5. The molecule has 1 saturated heterocycles. The SMILES string of the molecule is CC(O[C]=O)(C(=O)OC1CCN(CC(F)(F)F)C1)C(F)(F)F. The topological polar surface area (TPSA) is 55.8 Å². The second kappa shape index (κ2) is 6.31. The van der Waals surface area contributed by atoms with Crippen molar-refractivity contribution in [2.45, 2.75) is 37.4 Å². The Bertz CT molecular complexity index is 424. The average molecular weight is 336 g/mol. The second-order valence-electron chi connectivity index (χ2n) is 4.88. The molecule has 0 N–H and O–H groups in total. The van der Waals surface area contributed by atoms with Gasteiger partial charge in [-0.2, -0.15) is 26.3 Å². The lowest BCUT2D eigenvalue weighted by atomic mass is 10.1. The fourth-order valence-corrected chi connectivity index (χ4v) is 1.85. The van der Waals surface area contributed by atoms with Crippen LogP contribution in [0, 0.1) is 0 Å². The quantitative estimate of drug-likeness (QED) is 0.564. The third-order valence-corrected chi connectivity index (χ3v) is 3.08. The number of hydrogen-bond donors (Lipinski definition) is 0. The first-order valence-corrected chi connectivity index (χ1v) is 6.01. The zero-order valence-corrected chi connectivity index (χ0v) is 11.3. The van der Waals surface area contributed by atoms with Crippen LogP contribution in [0.25, 0.3) is 0 Å². The molecule has 22 heavy (non-hydrogen) atoms. The molecule has 0 bridgehead atoms. The van der Waals surface area contributed by atoms with Crippen LogP contribution in [0.3, 0.4) is 0 Å². The van der Waals surface area contributed by atoms with Crippen LogP contribution in [-0.4, -0.2) is 61.0 Å². The van der Waals surface area contributed by atoms with Crippen molar-refractivity contribution in [2.24, 2.45) is 0 Å². The summed E-state index contributed by atoms with van der Waals surface area (Å²) >= 11 is 0. The number of carbonyl (C=O) groups is 1. The summed E-state index contributed by atoms with van der Waals surface area (Å²) in [5.41, 5.74) is -3.55. The van der Waals surface area contributed by atoms with Crippen molar-refractivity contribution in [3.8, 4) is 0 Å².